The van der Waals surface area contributed by atoms with Gasteiger partial charge in [0.05, 0.1) is 23.0 Å². The Morgan fingerprint density at radius 1 is 1.21 bits per heavy atom. The SMILES string of the molecule is Cc1c(C(=O)NCCCN2CCCC2=O)cnn1-c1ccc2ccccc2n1. The summed E-state index contributed by atoms with van der Waals surface area (Å²) in [4.78, 5) is 30.6. The van der Waals surface area contributed by atoms with Crippen LogP contribution < -0.4 is 5.32 Å². The minimum atomic E-state index is -0.155. The van der Waals surface area contributed by atoms with Crippen molar-refractivity contribution in [1.82, 2.24) is 25.0 Å². The average Bonchev–Trinajstić information content (AvgIpc) is 3.30. The quantitative estimate of drug-likeness (QED) is 0.669. The molecule has 144 valence electrons. The third-order valence-corrected chi connectivity index (χ3v) is 5.12. The Hall–Kier alpha value is -3.22. The Morgan fingerprint density at radius 2 is 2.07 bits per heavy atom. The van der Waals surface area contributed by atoms with Crippen molar-refractivity contribution in [1.29, 1.82) is 0 Å². The summed E-state index contributed by atoms with van der Waals surface area (Å²) >= 11 is 0. The molecule has 3 aromatic rings. The number of nitrogens with zero attached hydrogens (tertiary/aromatic N) is 4. The molecule has 1 aliphatic rings. The molecule has 7 nitrogen and oxygen atoms in total. The van der Waals surface area contributed by atoms with Gasteiger partial charge in [-0.05, 0) is 38.0 Å². The van der Waals surface area contributed by atoms with E-state index in [4.69, 9.17) is 0 Å². The van der Waals surface area contributed by atoms with Gasteiger partial charge in [0.2, 0.25) is 5.91 Å². The molecule has 0 unspecified atom stereocenters. The lowest BCUT2D eigenvalue weighted by Crippen LogP contribution is -2.30. The van der Waals surface area contributed by atoms with Crippen LogP contribution in [0.1, 0.15) is 35.3 Å². The summed E-state index contributed by atoms with van der Waals surface area (Å²) in [6, 6.07) is 11.8. The zero-order valence-corrected chi connectivity index (χ0v) is 15.9. The van der Waals surface area contributed by atoms with E-state index in [1.54, 1.807) is 10.9 Å². The molecule has 7 heteroatoms. The summed E-state index contributed by atoms with van der Waals surface area (Å²) in [5.74, 6) is 0.742. The molecule has 0 spiro atoms. The van der Waals surface area contributed by atoms with Gasteiger partial charge in [0.1, 0.15) is 0 Å². The largest absolute Gasteiger partial charge is 0.352 e. The van der Waals surface area contributed by atoms with E-state index in [-0.39, 0.29) is 11.8 Å². The van der Waals surface area contributed by atoms with E-state index in [0.717, 1.165) is 36.0 Å². The molecular weight excluding hydrogens is 354 g/mol. The van der Waals surface area contributed by atoms with E-state index in [0.29, 0.717) is 30.9 Å². The molecule has 4 rings (SSSR count). The topological polar surface area (TPSA) is 80.1 Å². The molecule has 1 fully saturated rings. The summed E-state index contributed by atoms with van der Waals surface area (Å²) in [5.41, 5.74) is 2.17. The number of pyridine rings is 1. The zero-order chi connectivity index (χ0) is 19.5. The summed E-state index contributed by atoms with van der Waals surface area (Å²) in [5, 5.41) is 8.34. The summed E-state index contributed by atoms with van der Waals surface area (Å²) < 4.78 is 1.68. The molecule has 3 heterocycles. The molecule has 0 bridgehead atoms. The van der Waals surface area contributed by atoms with Gasteiger partial charge in [0.15, 0.2) is 5.82 Å². The second-order valence-corrected chi connectivity index (χ2v) is 7.01. The highest BCUT2D eigenvalue weighted by Gasteiger charge is 2.19. The van der Waals surface area contributed by atoms with Gasteiger partial charge in [-0.25, -0.2) is 9.67 Å². The smallest absolute Gasteiger partial charge is 0.254 e. The van der Waals surface area contributed by atoms with E-state index in [1.807, 2.05) is 48.2 Å². The Labute approximate surface area is 163 Å². The number of hydrogen-bond acceptors (Lipinski definition) is 4. The lowest BCUT2D eigenvalue weighted by Gasteiger charge is -2.15. The second-order valence-electron chi connectivity index (χ2n) is 7.01. The van der Waals surface area contributed by atoms with Gasteiger partial charge in [-0.3, -0.25) is 9.59 Å². The third kappa shape index (κ3) is 3.60. The first-order valence-electron chi connectivity index (χ1n) is 9.60. The van der Waals surface area contributed by atoms with Crippen LogP contribution in [0.3, 0.4) is 0 Å². The van der Waals surface area contributed by atoms with Gasteiger partial charge in [-0.15, -0.1) is 0 Å². The number of amides is 2. The second kappa shape index (κ2) is 7.80. The summed E-state index contributed by atoms with van der Waals surface area (Å²) in [7, 11) is 0. The van der Waals surface area contributed by atoms with Crippen LogP contribution >= 0.6 is 0 Å². The van der Waals surface area contributed by atoms with Crippen molar-refractivity contribution in [2.45, 2.75) is 26.2 Å². The highest BCUT2D eigenvalue weighted by Crippen LogP contribution is 2.17. The molecule has 0 saturated carbocycles. The Bertz CT molecular complexity index is 1030. The van der Waals surface area contributed by atoms with Gasteiger partial charge in [0.25, 0.3) is 5.91 Å². The van der Waals surface area contributed by atoms with Crippen LogP contribution in [-0.2, 0) is 4.79 Å². The fourth-order valence-electron chi connectivity index (χ4n) is 3.54. The number of nitrogens with one attached hydrogen (secondary N) is 1. The molecule has 2 amide bonds. The predicted octanol–water partition coefficient (Wildman–Crippen LogP) is 2.47. The number of aromatic nitrogens is 3. The number of rotatable bonds is 6. The number of benzene rings is 1. The predicted molar refractivity (Wildman–Crippen MR) is 106 cm³/mol. The normalized spacial score (nSPS) is 14.0. The molecule has 1 N–H and O–H groups in total. The lowest BCUT2D eigenvalue weighted by atomic mass is 10.2. The van der Waals surface area contributed by atoms with Crippen LogP contribution in [0.5, 0.6) is 0 Å². The first-order valence-corrected chi connectivity index (χ1v) is 9.60. The minimum Gasteiger partial charge on any atom is -0.352 e. The highest BCUT2D eigenvalue weighted by molar-refractivity contribution is 5.95. The first kappa shape index (κ1) is 18.2. The highest BCUT2D eigenvalue weighted by atomic mass is 16.2. The number of likely N-dealkylation sites (tertiary alicyclic amines) is 1. The standard InChI is InChI=1S/C21H23N5O2/c1-15-17(21(28)22-11-5-13-25-12-4-8-20(25)27)14-23-26(15)19-10-9-16-6-2-3-7-18(16)24-19/h2-3,6-7,9-10,14H,4-5,8,11-13H2,1H3,(H,22,28). The van der Waals surface area contributed by atoms with Gasteiger partial charge < -0.3 is 10.2 Å². The van der Waals surface area contributed by atoms with Crippen LogP contribution in [0.15, 0.2) is 42.6 Å². The van der Waals surface area contributed by atoms with Crippen molar-refractivity contribution in [3.63, 3.8) is 0 Å². The maximum absolute atomic E-state index is 12.5. The van der Waals surface area contributed by atoms with Crippen molar-refractivity contribution in [2.24, 2.45) is 0 Å². The van der Waals surface area contributed by atoms with E-state index in [2.05, 4.69) is 15.4 Å². The van der Waals surface area contributed by atoms with E-state index in [9.17, 15) is 9.59 Å². The van der Waals surface area contributed by atoms with Crippen molar-refractivity contribution in [3.05, 3.63) is 53.9 Å². The van der Waals surface area contributed by atoms with Crippen molar-refractivity contribution in [3.8, 4) is 5.82 Å². The van der Waals surface area contributed by atoms with E-state index >= 15 is 0 Å². The van der Waals surface area contributed by atoms with E-state index < -0.39 is 0 Å². The molecule has 1 saturated heterocycles. The molecule has 28 heavy (non-hydrogen) atoms. The molecule has 0 atom stereocenters. The molecule has 1 aliphatic heterocycles. The van der Waals surface area contributed by atoms with Crippen LogP contribution in [-0.4, -0.2) is 51.1 Å². The summed E-state index contributed by atoms with van der Waals surface area (Å²) in [6.45, 7) is 3.92. The average molecular weight is 377 g/mol. The number of carbonyl (C=O) groups is 2. The van der Waals surface area contributed by atoms with Gasteiger partial charge in [-0.2, -0.15) is 5.10 Å². The lowest BCUT2D eigenvalue weighted by molar-refractivity contribution is -0.127. The monoisotopic (exact) mass is 377 g/mol. The zero-order valence-electron chi connectivity index (χ0n) is 15.9. The van der Waals surface area contributed by atoms with Crippen molar-refractivity contribution < 1.29 is 9.59 Å². The van der Waals surface area contributed by atoms with Gasteiger partial charge >= 0.3 is 0 Å². The molecule has 1 aromatic carbocycles. The molecular formula is C21H23N5O2. The number of fused-ring (bicyclic) bond motifs is 1. The Morgan fingerprint density at radius 3 is 2.89 bits per heavy atom. The van der Waals surface area contributed by atoms with Crippen LogP contribution in [0.25, 0.3) is 16.7 Å². The van der Waals surface area contributed by atoms with E-state index in [1.165, 1.54) is 0 Å². The number of hydrogen-bond donors (Lipinski definition) is 1. The Balaban J connectivity index is 1.40. The molecule has 0 aliphatic carbocycles. The third-order valence-electron chi connectivity index (χ3n) is 5.12. The fraction of sp³-hybridized carbons (Fsp3) is 0.333. The fourth-order valence-corrected chi connectivity index (χ4v) is 3.54. The maximum Gasteiger partial charge on any atom is 0.254 e. The van der Waals surface area contributed by atoms with Crippen molar-refractivity contribution >= 4 is 22.7 Å². The number of para-hydroxylation sites is 1. The maximum atomic E-state index is 12.5. The molecule has 0 radical (unpaired) electrons. The van der Waals surface area contributed by atoms with Gasteiger partial charge in [0, 0.05) is 31.4 Å². The Kier molecular flexibility index (Phi) is 5.06. The number of carbonyl (C=O) groups excluding carboxylic acids is 2. The van der Waals surface area contributed by atoms with Crippen LogP contribution in [0.4, 0.5) is 0 Å². The molecule has 2 aromatic heterocycles. The van der Waals surface area contributed by atoms with Crippen molar-refractivity contribution in [2.75, 3.05) is 19.6 Å². The first-order chi connectivity index (χ1) is 13.6. The van der Waals surface area contributed by atoms with Gasteiger partial charge in [-0.1, -0.05) is 18.2 Å². The minimum absolute atomic E-state index is 0.155. The van der Waals surface area contributed by atoms with Crippen LogP contribution in [0.2, 0.25) is 0 Å². The van der Waals surface area contributed by atoms with Crippen LogP contribution in [0, 0.1) is 6.92 Å². The summed E-state index contributed by atoms with van der Waals surface area (Å²) in [6.07, 6.45) is 3.91.